The Morgan fingerprint density at radius 2 is 1.79 bits per heavy atom. The standard InChI is InChI=1S/C7H16N2O2S.2ClH/c10-12(11)9-6-3-7-1-4-8-5-2-7;;/h7-8,12H,1-6H2,(H,9,10,11);2*1H. The Labute approximate surface area is 99.1 Å². The molecule has 0 spiro atoms. The van der Waals surface area contributed by atoms with Crippen LogP contribution in [-0.2, 0) is 10.9 Å². The van der Waals surface area contributed by atoms with Crippen LogP contribution in [0, 0.1) is 5.92 Å². The highest BCUT2D eigenvalue weighted by molar-refractivity contribution is 7.70. The molecular formula is C7H18Cl2N2O2S. The third-order valence-electron chi connectivity index (χ3n) is 2.25. The minimum absolute atomic E-state index is 0. The van der Waals surface area contributed by atoms with E-state index in [2.05, 4.69) is 10.0 Å². The molecule has 1 saturated heterocycles. The molecular weight excluding hydrogens is 247 g/mol. The highest BCUT2D eigenvalue weighted by Crippen LogP contribution is 2.14. The van der Waals surface area contributed by atoms with Crippen LogP contribution in [0.1, 0.15) is 19.3 Å². The van der Waals surface area contributed by atoms with Crippen LogP contribution in [0.15, 0.2) is 0 Å². The fourth-order valence-corrected chi connectivity index (χ4v) is 1.84. The molecule has 1 fully saturated rings. The van der Waals surface area contributed by atoms with E-state index >= 15 is 0 Å². The molecule has 0 atom stereocenters. The van der Waals surface area contributed by atoms with Crippen molar-refractivity contribution in [2.45, 2.75) is 19.3 Å². The highest BCUT2D eigenvalue weighted by atomic mass is 35.5. The monoisotopic (exact) mass is 264 g/mol. The van der Waals surface area contributed by atoms with Crippen LogP contribution in [0.25, 0.3) is 0 Å². The maximum absolute atomic E-state index is 10.2. The lowest BCUT2D eigenvalue weighted by atomic mass is 9.95. The van der Waals surface area contributed by atoms with Gasteiger partial charge in [0.15, 0.2) is 0 Å². The Kier molecular flexibility index (Phi) is 12.0. The molecule has 1 aliphatic heterocycles. The SMILES string of the molecule is Cl.Cl.O=[SH](=O)NCCC1CCNCC1. The lowest BCUT2D eigenvalue weighted by Gasteiger charge is -2.21. The van der Waals surface area contributed by atoms with Gasteiger partial charge in [0.25, 0.3) is 0 Å². The van der Waals surface area contributed by atoms with Crippen molar-refractivity contribution in [1.29, 1.82) is 0 Å². The third-order valence-corrected chi connectivity index (χ3v) is 2.73. The van der Waals surface area contributed by atoms with Crippen molar-refractivity contribution in [3.05, 3.63) is 0 Å². The lowest BCUT2D eigenvalue weighted by molar-refractivity contribution is 0.355. The molecule has 14 heavy (non-hydrogen) atoms. The highest BCUT2D eigenvalue weighted by Gasteiger charge is 2.11. The fraction of sp³-hybridized carbons (Fsp3) is 1.00. The smallest absolute Gasteiger partial charge is 0.201 e. The molecule has 0 aromatic carbocycles. The van der Waals surface area contributed by atoms with E-state index in [-0.39, 0.29) is 24.8 Å². The summed E-state index contributed by atoms with van der Waals surface area (Å²) < 4.78 is 22.7. The largest absolute Gasteiger partial charge is 0.317 e. The first-order valence-electron chi connectivity index (χ1n) is 4.37. The van der Waals surface area contributed by atoms with Gasteiger partial charge in [-0.2, -0.15) is 0 Å². The van der Waals surface area contributed by atoms with Gasteiger partial charge >= 0.3 is 0 Å². The molecule has 0 aromatic rings. The first-order chi connectivity index (χ1) is 5.79. The average Bonchev–Trinajstić information content (AvgIpc) is 2.05. The van der Waals surface area contributed by atoms with Gasteiger partial charge in [-0.3, -0.25) is 0 Å². The summed E-state index contributed by atoms with van der Waals surface area (Å²) in [7, 11) is -2.39. The number of hydrogen-bond donors (Lipinski definition) is 3. The van der Waals surface area contributed by atoms with Gasteiger partial charge in [0.2, 0.25) is 10.9 Å². The van der Waals surface area contributed by atoms with E-state index in [4.69, 9.17) is 0 Å². The Balaban J connectivity index is 0. The van der Waals surface area contributed by atoms with Crippen LogP contribution in [0.4, 0.5) is 0 Å². The Hall–Kier alpha value is 0.450. The van der Waals surface area contributed by atoms with Crippen LogP contribution in [0.5, 0.6) is 0 Å². The fourth-order valence-electron chi connectivity index (χ4n) is 1.53. The van der Waals surface area contributed by atoms with Crippen molar-refractivity contribution in [3.8, 4) is 0 Å². The van der Waals surface area contributed by atoms with E-state index in [0.717, 1.165) is 19.5 Å². The first-order valence-corrected chi connectivity index (χ1v) is 5.55. The van der Waals surface area contributed by atoms with Crippen LogP contribution >= 0.6 is 24.8 Å². The van der Waals surface area contributed by atoms with Gasteiger partial charge in [-0.15, -0.1) is 24.8 Å². The second-order valence-electron chi connectivity index (χ2n) is 3.15. The van der Waals surface area contributed by atoms with E-state index in [1.165, 1.54) is 12.8 Å². The number of nitrogens with one attached hydrogen (secondary N) is 2. The maximum Gasteiger partial charge on any atom is 0.201 e. The summed E-state index contributed by atoms with van der Waals surface area (Å²) in [5, 5.41) is 3.27. The van der Waals surface area contributed by atoms with Crippen molar-refractivity contribution in [2.75, 3.05) is 19.6 Å². The zero-order chi connectivity index (χ0) is 8.81. The summed E-state index contributed by atoms with van der Waals surface area (Å²) in [6.45, 7) is 2.76. The van der Waals surface area contributed by atoms with Gasteiger partial charge in [0, 0.05) is 6.54 Å². The van der Waals surface area contributed by atoms with Crippen LogP contribution in [0.2, 0.25) is 0 Å². The minimum Gasteiger partial charge on any atom is -0.317 e. The summed E-state index contributed by atoms with van der Waals surface area (Å²) in [4.78, 5) is 0. The van der Waals surface area contributed by atoms with Crippen LogP contribution in [-0.4, -0.2) is 28.1 Å². The molecule has 1 rings (SSSR count). The molecule has 0 aliphatic carbocycles. The molecule has 0 saturated carbocycles. The predicted molar refractivity (Wildman–Crippen MR) is 63.0 cm³/mol. The third kappa shape index (κ3) is 7.82. The van der Waals surface area contributed by atoms with Gasteiger partial charge < -0.3 is 5.32 Å². The lowest BCUT2D eigenvalue weighted by Crippen LogP contribution is -2.29. The van der Waals surface area contributed by atoms with Gasteiger partial charge in [0.1, 0.15) is 0 Å². The second kappa shape index (κ2) is 9.98. The summed E-state index contributed by atoms with van der Waals surface area (Å²) in [5.74, 6) is 0.702. The number of piperidine rings is 1. The zero-order valence-corrected chi connectivity index (χ0v) is 10.4. The molecule has 0 aromatic heterocycles. The van der Waals surface area contributed by atoms with E-state index < -0.39 is 10.9 Å². The van der Waals surface area contributed by atoms with Crippen LogP contribution in [0.3, 0.4) is 0 Å². The van der Waals surface area contributed by atoms with Crippen molar-refractivity contribution in [1.82, 2.24) is 10.0 Å². The molecule has 0 unspecified atom stereocenters. The molecule has 1 heterocycles. The number of rotatable bonds is 4. The van der Waals surface area contributed by atoms with Gasteiger partial charge in [-0.1, -0.05) is 0 Å². The van der Waals surface area contributed by atoms with Crippen molar-refractivity contribution < 1.29 is 8.42 Å². The molecule has 0 bridgehead atoms. The molecule has 1 aliphatic rings. The molecule has 0 radical (unpaired) electrons. The Morgan fingerprint density at radius 3 is 2.29 bits per heavy atom. The topological polar surface area (TPSA) is 58.2 Å². The molecule has 0 amide bonds. The number of halogens is 2. The van der Waals surface area contributed by atoms with Crippen LogP contribution < -0.4 is 10.0 Å². The van der Waals surface area contributed by atoms with Crippen molar-refractivity contribution in [3.63, 3.8) is 0 Å². The van der Waals surface area contributed by atoms with Gasteiger partial charge in [-0.25, -0.2) is 13.1 Å². The predicted octanol–water partition coefficient (Wildman–Crippen LogP) is 0.336. The van der Waals surface area contributed by atoms with E-state index in [1.807, 2.05) is 0 Å². The summed E-state index contributed by atoms with van der Waals surface area (Å²) in [6.07, 6.45) is 3.33. The normalized spacial score (nSPS) is 17.2. The van der Waals surface area contributed by atoms with Gasteiger partial charge in [-0.05, 0) is 38.3 Å². The first kappa shape index (κ1) is 16.9. The summed E-state index contributed by atoms with van der Waals surface area (Å²) >= 11 is 0. The number of thiol groups is 1. The second-order valence-corrected chi connectivity index (χ2v) is 3.98. The van der Waals surface area contributed by atoms with E-state index in [9.17, 15) is 8.42 Å². The van der Waals surface area contributed by atoms with Crippen molar-refractivity contribution >= 4 is 35.7 Å². The Bertz CT molecular complexity index is 188. The quantitative estimate of drug-likeness (QED) is 0.642. The minimum atomic E-state index is -2.39. The average molecular weight is 265 g/mol. The summed E-state index contributed by atoms with van der Waals surface area (Å²) in [6, 6.07) is 0. The van der Waals surface area contributed by atoms with E-state index in [1.54, 1.807) is 0 Å². The van der Waals surface area contributed by atoms with Crippen molar-refractivity contribution in [2.24, 2.45) is 5.92 Å². The number of hydrogen-bond acceptors (Lipinski definition) is 3. The molecule has 88 valence electrons. The Morgan fingerprint density at radius 1 is 1.21 bits per heavy atom. The molecule has 4 nitrogen and oxygen atoms in total. The van der Waals surface area contributed by atoms with Gasteiger partial charge in [0.05, 0.1) is 0 Å². The maximum atomic E-state index is 10.2. The van der Waals surface area contributed by atoms with E-state index in [0.29, 0.717) is 12.5 Å². The zero-order valence-electron chi connectivity index (χ0n) is 7.90. The summed E-state index contributed by atoms with van der Waals surface area (Å²) in [5.41, 5.74) is 0. The molecule has 2 N–H and O–H groups in total. The molecule has 7 heteroatoms.